The van der Waals surface area contributed by atoms with Crippen molar-refractivity contribution in [1.29, 1.82) is 0 Å². The summed E-state index contributed by atoms with van der Waals surface area (Å²) in [5, 5.41) is 22.8. The summed E-state index contributed by atoms with van der Waals surface area (Å²) in [5.74, 6) is 0. The fourth-order valence-corrected chi connectivity index (χ4v) is 3.26. The molecular formula is C16H32N4O5. The van der Waals surface area contributed by atoms with Gasteiger partial charge in [-0.1, -0.05) is 0 Å². The molecular weight excluding hydrogens is 328 g/mol. The molecule has 0 bridgehead atoms. The van der Waals surface area contributed by atoms with Crippen molar-refractivity contribution in [1.82, 2.24) is 20.0 Å². The second-order valence-electron chi connectivity index (χ2n) is 6.95. The second kappa shape index (κ2) is 9.65. The molecule has 9 nitrogen and oxygen atoms in total. The predicted octanol–water partition coefficient (Wildman–Crippen LogP) is -1.99. The summed E-state index contributed by atoms with van der Waals surface area (Å²) in [6.07, 6.45) is -1.79. The van der Waals surface area contributed by atoms with Crippen LogP contribution in [0.2, 0.25) is 0 Å². The van der Waals surface area contributed by atoms with Crippen LogP contribution in [0, 0.1) is 0 Å². The van der Waals surface area contributed by atoms with Crippen molar-refractivity contribution in [2.45, 2.75) is 24.4 Å². The van der Waals surface area contributed by atoms with E-state index >= 15 is 0 Å². The van der Waals surface area contributed by atoms with Crippen molar-refractivity contribution in [3.8, 4) is 0 Å². The normalized spacial score (nSPS) is 30.3. The molecule has 146 valence electrons. The van der Waals surface area contributed by atoms with Crippen molar-refractivity contribution < 1.29 is 24.5 Å². The van der Waals surface area contributed by atoms with Gasteiger partial charge in [0.05, 0.1) is 32.0 Å². The van der Waals surface area contributed by atoms with E-state index in [1.807, 2.05) is 26.0 Å². The summed E-state index contributed by atoms with van der Waals surface area (Å²) in [7, 11) is 5.91. The molecule has 25 heavy (non-hydrogen) atoms. The monoisotopic (exact) mass is 360 g/mol. The minimum Gasteiger partial charge on any atom is -0.394 e. The highest BCUT2D eigenvalue weighted by Gasteiger charge is 2.45. The summed E-state index contributed by atoms with van der Waals surface area (Å²) in [4.78, 5) is 18.1. The van der Waals surface area contributed by atoms with Crippen LogP contribution in [0.5, 0.6) is 0 Å². The average molecular weight is 360 g/mol. The summed E-state index contributed by atoms with van der Waals surface area (Å²) < 4.78 is 11.0. The molecule has 2 aliphatic rings. The molecule has 0 aliphatic carbocycles. The van der Waals surface area contributed by atoms with Gasteiger partial charge in [0.25, 0.3) is 0 Å². The maximum absolute atomic E-state index is 12.3. The number of carbonyl (C=O) groups excluding carboxylic acids is 1. The Morgan fingerprint density at radius 3 is 2.48 bits per heavy atom. The molecule has 0 aromatic heterocycles. The Hall–Kier alpha value is -0.970. The number of aliphatic hydroxyl groups is 2. The zero-order chi connectivity index (χ0) is 18.4. The fourth-order valence-electron chi connectivity index (χ4n) is 3.26. The zero-order valence-corrected chi connectivity index (χ0v) is 15.4. The predicted molar refractivity (Wildman–Crippen MR) is 92.5 cm³/mol. The van der Waals surface area contributed by atoms with Crippen LogP contribution in [0.15, 0.2) is 0 Å². The highest BCUT2D eigenvalue weighted by atomic mass is 16.5. The SMILES string of the molecule is CN(C)CCN(C)[C@@H]1[C@H](O)[C@H](CO)O[C@@H]1CNC(=O)N1CCOCC1. The first-order chi connectivity index (χ1) is 11.9. The third kappa shape index (κ3) is 5.50. The number of urea groups is 1. The van der Waals surface area contributed by atoms with Crippen LogP contribution in [-0.2, 0) is 9.47 Å². The van der Waals surface area contributed by atoms with Crippen molar-refractivity contribution in [3.63, 3.8) is 0 Å². The van der Waals surface area contributed by atoms with Crippen molar-refractivity contribution in [2.75, 3.05) is 73.7 Å². The van der Waals surface area contributed by atoms with Crippen LogP contribution in [0.3, 0.4) is 0 Å². The number of carbonyl (C=O) groups is 1. The van der Waals surface area contributed by atoms with E-state index in [0.29, 0.717) is 32.8 Å². The van der Waals surface area contributed by atoms with E-state index in [0.717, 1.165) is 13.1 Å². The zero-order valence-electron chi connectivity index (χ0n) is 15.4. The van der Waals surface area contributed by atoms with Gasteiger partial charge in [-0.15, -0.1) is 0 Å². The van der Waals surface area contributed by atoms with E-state index in [4.69, 9.17) is 9.47 Å². The molecule has 9 heteroatoms. The summed E-state index contributed by atoms with van der Waals surface area (Å²) in [5.41, 5.74) is 0. The molecule has 2 heterocycles. The Kier molecular flexibility index (Phi) is 7.85. The number of aliphatic hydroxyl groups excluding tert-OH is 2. The Labute approximate surface area is 149 Å². The number of amides is 2. The number of morpholine rings is 1. The van der Waals surface area contributed by atoms with Crippen LogP contribution >= 0.6 is 0 Å². The lowest BCUT2D eigenvalue weighted by molar-refractivity contribution is -0.0211. The third-order valence-corrected chi connectivity index (χ3v) is 4.80. The molecule has 4 atom stereocenters. The Balaban J connectivity index is 1.91. The molecule has 3 N–H and O–H groups in total. The molecule has 0 radical (unpaired) electrons. The first-order valence-electron chi connectivity index (χ1n) is 8.84. The molecule has 0 spiro atoms. The molecule has 0 saturated carbocycles. The molecule has 2 amide bonds. The van der Waals surface area contributed by atoms with Gasteiger partial charge < -0.3 is 34.8 Å². The molecule has 2 saturated heterocycles. The van der Waals surface area contributed by atoms with Crippen molar-refractivity contribution >= 4 is 6.03 Å². The second-order valence-corrected chi connectivity index (χ2v) is 6.95. The highest BCUT2D eigenvalue weighted by molar-refractivity contribution is 5.74. The Bertz CT molecular complexity index is 419. The lowest BCUT2D eigenvalue weighted by Gasteiger charge is -2.32. The molecule has 0 aromatic rings. The number of nitrogens with zero attached hydrogens (tertiary/aromatic N) is 3. The van der Waals surface area contributed by atoms with Gasteiger partial charge in [-0.05, 0) is 21.1 Å². The lowest BCUT2D eigenvalue weighted by Crippen LogP contribution is -2.53. The van der Waals surface area contributed by atoms with Gasteiger partial charge in [-0.3, -0.25) is 4.90 Å². The molecule has 2 aliphatic heterocycles. The van der Waals surface area contributed by atoms with Gasteiger partial charge in [0.2, 0.25) is 0 Å². The van der Waals surface area contributed by atoms with Crippen LogP contribution < -0.4 is 5.32 Å². The van der Waals surface area contributed by atoms with Gasteiger partial charge in [0.1, 0.15) is 12.2 Å². The first kappa shape index (κ1) is 20.3. The quantitative estimate of drug-likeness (QED) is 0.484. The highest BCUT2D eigenvalue weighted by Crippen LogP contribution is 2.24. The van der Waals surface area contributed by atoms with E-state index in [1.54, 1.807) is 4.90 Å². The average Bonchev–Trinajstić information content (AvgIpc) is 2.94. The van der Waals surface area contributed by atoms with Crippen LogP contribution in [0.1, 0.15) is 0 Å². The maximum Gasteiger partial charge on any atom is 0.317 e. The Morgan fingerprint density at radius 1 is 1.20 bits per heavy atom. The molecule has 2 rings (SSSR count). The smallest absolute Gasteiger partial charge is 0.317 e. The topological polar surface area (TPSA) is 97.7 Å². The van der Waals surface area contributed by atoms with Crippen LogP contribution in [0.25, 0.3) is 0 Å². The summed E-state index contributed by atoms with van der Waals surface area (Å²) >= 11 is 0. The van der Waals surface area contributed by atoms with Gasteiger partial charge in [-0.2, -0.15) is 0 Å². The largest absolute Gasteiger partial charge is 0.394 e. The fraction of sp³-hybridized carbons (Fsp3) is 0.938. The van der Waals surface area contributed by atoms with Crippen LogP contribution in [0.4, 0.5) is 4.79 Å². The molecule has 0 aromatic carbocycles. The van der Waals surface area contributed by atoms with E-state index in [9.17, 15) is 15.0 Å². The summed E-state index contributed by atoms with van der Waals surface area (Å²) in [6.45, 7) is 3.90. The third-order valence-electron chi connectivity index (χ3n) is 4.80. The van der Waals surface area contributed by atoms with Crippen molar-refractivity contribution in [2.24, 2.45) is 0 Å². The lowest BCUT2D eigenvalue weighted by atomic mass is 10.0. The van der Waals surface area contributed by atoms with Gasteiger partial charge in [0, 0.05) is 32.7 Å². The molecule has 2 fully saturated rings. The van der Waals surface area contributed by atoms with E-state index in [2.05, 4.69) is 10.2 Å². The minimum absolute atomic E-state index is 0.150. The number of likely N-dealkylation sites (N-methyl/N-ethyl adjacent to an activating group) is 2. The van der Waals surface area contributed by atoms with Crippen LogP contribution in [-0.4, -0.2) is 129 Å². The number of nitrogens with one attached hydrogen (secondary N) is 1. The standard InChI is InChI=1S/C16H32N4O5/c1-18(2)4-5-19(3)14-12(25-13(11-21)15(14)22)10-17-16(23)20-6-8-24-9-7-20/h12-15,21-22H,4-11H2,1-3H3,(H,17,23)/t12-,13+,14+,15-/m1/s1. The number of rotatable bonds is 7. The first-order valence-corrected chi connectivity index (χ1v) is 8.84. The van der Waals surface area contributed by atoms with Gasteiger partial charge >= 0.3 is 6.03 Å². The van der Waals surface area contributed by atoms with Crippen molar-refractivity contribution in [3.05, 3.63) is 0 Å². The minimum atomic E-state index is -0.789. The number of hydrogen-bond acceptors (Lipinski definition) is 7. The van der Waals surface area contributed by atoms with E-state index in [-0.39, 0.29) is 24.8 Å². The van der Waals surface area contributed by atoms with Gasteiger partial charge in [-0.25, -0.2) is 4.79 Å². The maximum atomic E-state index is 12.3. The summed E-state index contributed by atoms with van der Waals surface area (Å²) in [6, 6.07) is -0.425. The van der Waals surface area contributed by atoms with E-state index < -0.39 is 12.2 Å². The Morgan fingerprint density at radius 2 is 1.88 bits per heavy atom. The van der Waals surface area contributed by atoms with Gasteiger partial charge in [0.15, 0.2) is 0 Å². The number of hydrogen-bond donors (Lipinski definition) is 3. The van der Waals surface area contributed by atoms with E-state index in [1.165, 1.54) is 0 Å². The number of ether oxygens (including phenoxy) is 2. The molecule has 0 unspecified atom stereocenters.